The average molecular weight is 296 g/mol. The van der Waals surface area contributed by atoms with Crippen molar-refractivity contribution < 1.29 is 4.74 Å². The van der Waals surface area contributed by atoms with E-state index in [4.69, 9.17) is 22.1 Å². The smallest absolute Gasteiger partial charge is 0.191 e. The number of ether oxygens (including phenoxy) is 1. The number of hydrogen-bond acceptors (Lipinski definition) is 2. The summed E-state index contributed by atoms with van der Waals surface area (Å²) in [5, 5.41) is 0.707. The van der Waals surface area contributed by atoms with Gasteiger partial charge in [-0.25, -0.2) is 4.99 Å². The molecule has 0 radical (unpaired) electrons. The lowest BCUT2D eigenvalue weighted by atomic mass is 10.0. The molecule has 4 nitrogen and oxygen atoms in total. The second-order valence-corrected chi connectivity index (χ2v) is 5.67. The molecule has 1 aromatic carbocycles. The molecule has 0 saturated carbocycles. The van der Waals surface area contributed by atoms with E-state index in [0.29, 0.717) is 30.1 Å². The maximum absolute atomic E-state index is 6.01. The summed E-state index contributed by atoms with van der Waals surface area (Å²) in [5.74, 6) is 2.13. The van der Waals surface area contributed by atoms with Crippen LogP contribution in [0.3, 0.4) is 0 Å². The third-order valence-corrected chi connectivity index (χ3v) is 3.68. The summed E-state index contributed by atoms with van der Waals surface area (Å²) < 4.78 is 5.58. The quantitative estimate of drug-likeness (QED) is 0.528. The van der Waals surface area contributed by atoms with Gasteiger partial charge in [0.1, 0.15) is 12.4 Å². The van der Waals surface area contributed by atoms with Crippen LogP contribution in [0.5, 0.6) is 5.75 Å². The van der Waals surface area contributed by atoms with Gasteiger partial charge in [-0.3, -0.25) is 0 Å². The molecule has 0 bridgehead atoms. The van der Waals surface area contributed by atoms with Crippen molar-refractivity contribution >= 4 is 17.6 Å². The van der Waals surface area contributed by atoms with Gasteiger partial charge in [0, 0.05) is 18.1 Å². The van der Waals surface area contributed by atoms with Gasteiger partial charge in [0.15, 0.2) is 5.96 Å². The average Bonchev–Trinajstić information content (AvgIpc) is 2.45. The lowest BCUT2D eigenvalue weighted by Gasteiger charge is -2.31. The van der Waals surface area contributed by atoms with Gasteiger partial charge in [0.2, 0.25) is 0 Å². The monoisotopic (exact) mass is 295 g/mol. The number of halogens is 1. The molecular formula is C15H22ClN3O. The third kappa shape index (κ3) is 4.60. The predicted molar refractivity (Wildman–Crippen MR) is 83.4 cm³/mol. The number of benzene rings is 1. The minimum absolute atomic E-state index is 0.520. The maximum Gasteiger partial charge on any atom is 0.191 e. The highest BCUT2D eigenvalue weighted by Crippen LogP contribution is 2.16. The van der Waals surface area contributed by atoms with Crippen molar-refractivity contribution in [2.75, 3.05) is 26.2 Å². The molecular weight excluding hydrogens is 274 g/mol. The Bertz CT molecular complexity index is 447. The Labute approximate surface area is 125 Å². The van der Waals surface area contributed by atoms with E-state index in [1.165, 1.54) is 12.8 Å². The molecule has 0 amide bonds. The van der Waals surface area contributed by atoms with Crippen LogP contribution >= 0.6 is 11.6 Å². The van der Waals surface area contributed by atoms with Gasteiger partial charge in [-0.2, -0.15) is 0 Å². The second-order valence-electron chi connectivity index (χ2n) is 5.24. The van der Waals surface area contributed by atoms with Crippen molar-refractivity contribution in [3.63, 3.8) is 0 Å². The van der Waals surface area contributed by atoms with Crippen molar-refractivity contribution in [3.05, 3.63) is 29.3 Å². The minimum atomic E-state index is 0.520. The first-order valence-corrected chi connectivity index (χ1v) is 7.46. The zero-order chi connectivity index (χ0) is 14.4. The highest BCUT2D eigenvalue weighted by atomic mass is 35.5. The van der Waals surface area contributed by atoms with E-state index in [1.807, 2.05) is 24.3 Å². The Hall–Kier alpha value is -1.42. The second kappa shape index (κ2) is 7.39. The number of guanidine groups is 1. The Morgan fingerprint density at radius 3 is 2.90 bits per heavy atom. The van der Waals surface area contributed by atoms with E-state index in [9.17, 15) is 0 Å². The van der Waals surface area contributed by atoms with Gasteiger partial charge >= 0.3 is 0 Å². The molecule has 20 heavy (non-hydrogen) atoms. The van der Waals surface area contributed by atoms with Gasteiger partial charge < -0.3 is 15.4 Å². The summed E-state index contributed by atoms with van der Waals surface area (Å²) in [7, 11) is 0. The molecule has 5 heteroatoms. The molecule has 1 heterocycles. The molecule has 1 aliphatic heterocycles. The predicted octanol–water partition coefficient (Wildman–Crippen LogP) is 2.77. The molecule has 1 atom stereocenters. The summed E-state index contributed by atoms with van der Waals surface area (Å²) in [5.41, 5.74) is 6.01. The summed E-state index contributed by atoms with van der Waals surface area (Å²) in [4.78, 5) is 6.55. The largest absolute Gasteiger partial charge is 0.492 e. The Kier molecular flexibility index (Phi) is 5.53. The van der Waals surface area contributed by atoms with Crippen LogP contribution in [0.15, 0.2) is 29.3 Å². The maximum atomic E-state index is 6.01. The zero-order valence-electron chi connectivity index (χ0n) is 11.9. The molecule has 1 unspecified atom stereocenters. The number of piperidine rings is 1. The number of hydrogen-bond donors (Lipinski definition) is 1. The van der Waals surface area contributed by atoms with Crippen LogP contribution in [-0.2, 0) is 0 Å². The lowest BCUT2D eigenvalue weighted by molar-refractivity contribution is 0.269. The fourth-order valence-corrected chi connectivity index (χ4v) is 2.48. The number of likely N-dealkylation sites (tertiary alicyclic amines) is 1. The summed E-state index contributed by atoms with van der Waals surface area (Å²) >= 11 is 5.81. The van der Waals surface area contributed by atoms with Crippen LogP contribution in [0.25, 0.3) is 0 Å². The molecule has 0 aromatic heterocycles. The highest BCUT2D eigenvalue weighted by molar-refractivity contribution is 6.30. The first-order valence-electron chi connectivity index (χ1n) is 7.08. The molecule has 1 aliphatic rings. The van der Waals surface area contributed by atoms with Gasteiger partial charge in [-0.1, -0.05) is 18.5 Å². The van der Waals surface area contributed by atoms with E-state index in [-0.39, 0.29) is 0 Å². The molecule has 110 valence electrons. The molecule has 1 aromatic rings. The Morgan fingerprint density at radius 1 is 1.45 bits per heavy atom. The van der Waals surface area contributed by atoms with Crippen LogP contribution in [-0.4, -0.2) is 37.1 Å². The van der Waals surface area contributed by atoms with Crippen molar-refractivity contribution in [1.82, 2.24) is 4.90 Å². The van der Waals surface area contributed by atoms with Crippen molar-refractivity contribution in [3.8, 4) is 5.75 Å². The Morgan fingerprint density at radius 2 is 2.20 bits per heavy atom. The van der Waals surface area contributed by atoms with E-state index in [0.717, 1.165) is 18.8 Å². The van der Waals surface area contributed by atoms with E-state index in [2.05, 4.69) is 16.8 Å². The normalized spacial score (nSPS) is 20.0. The van der Waals surface area contributed by atoms with Crippen LogP contribution in [0.1, 0.15) is 19.8 Å². The van der Waals surface area contributed by atoms with Gasteiger partial charge in [0.05, 0.1) is 6.54 Å². The van der Waals surface area contributed by atoms with E-state index in [1.54, 1.807) is 0 Å². The molecule has 1 saturated heterocycles. The topological polar surface area (TPSA) is 50.8 Å². The van der Waals surface area contributed by atoms with Gasteiger partial charge in [0.25, 0.3) is 0 Å². The first-order chi connectivity index (χ1) is 9.65. The van der Waals surface area contributed by atoms with Crippen LogP contribution in [0.2, 0.25) is 5.02 Å². The molecule has 2 rings (SSSR count). The van der Waals surface area contributed by atoms with Crippen molar-refractivity contribution in [2.45, 2.75) is 19.8 Å². The third-order valence-electron chi connectivity index (χ3n) is 3.43. The first kappa shape index (κ1) is 15.0. The summed E-state index contributed by atoms with van der Waals surface area (Å²) in [6.45, 7) is 5.36. The Balaban J connectivity index is 1.73. The number of rotatable bonds is 4. The van der Waals surface area contributed by atoms with Gasteiger partial charge in [-0.15, -0.1) is 0 Å². The summed E-state index contributed by atoms with van der Waals surface area (Å²) in [6.07, 6.45) is 2.47. The van der Waals surface area contributed by atoms with E-state index >= 15 is 0 Å². The number of nitrogens with two attached hydrogens (primary N) is 1. The SMILES string of the molecule is CC1CCCN(C(N)=NCCOc2ccc(Cl)cc2)C1. The zero-order valence-corrected chi connectivity index (χ0v) is 12.6. The summed E-state index contributed by atoms with van der Waals surface area (Å²) in [6, 6.07) is 7.32. The number of aliphatic imine (C=N–C) groups is 1. The van der Waals surface area contributed by atoms with Crippen LogP contribution < -0.4 is 10.5 Å². The number of nitrogens with zero attached hydrogens (tertiary/aromatic N) is 2. The minimum Gasteiger partial charge on any atom is -0.492 e. The standard InChI is InChI=1S/C15H22ClN3O/c1-12-3-2-9-19(11-12)15(17)18-8-10-20-14-6-4-13(16)5-7-14/h4-7,12H,2-3,8-11H2,1H3,(H2,17,18). The fourth-order valence-electron chi connectivity index (χ4n) is 2.35. The van der Waals surface area contributed by atoms with Crippen LogP contribution in [0.4, 0.5) is 0 Å². The molecule has 2 N–H and O–H groups in total. The van der Waals surface area contributed by atoms with E-state index < -0.39 is 0 Å². The highest BCUT2D eigenvalue weighted by Gasteiger charge is 2.17. The van der Waals surface area contributed by atoms with Crippen molar-refractivity contribution in [2.24, 2.45) is 16.6 Å². The lowest BCUT2D eigenvalue weighted by Crippen LogP contribution is -2.43. The fraction of sp³-hybridized carbons (Fsp3) is 0.533. The molecule has 0 spiro atoms. The van der Waals surface area contributed by atoms with Gasteiger partial charge in [-0.05, 0) is 43.0 Å². The molecule has 0 aliphatic carbocycles. The van der Waals surface area contributed by atoms with Crippen LogP contribution in [0, 0.1) is 5.92 Å². The molecule has 1 fully saturated rings. The van der Waals surface area contributed by atoms with Crippen molar-refractivity contribution in [1.29, 1.82) is 0 Å².